The molecule has 0 aliphatic carbocycles. The summed E-state index contributed by atoms with van der Waals surface area (Å²) in [5.74, 6) is 0. The first kappa shape index (κ1) is 9.15. The van der Waals surface area contributed by atoms with Crippen LogP contribution in [0, 0.1) is 13.8 Å². The molecule has 3 nitrogen and oxygen atoms in total. The number of nitrogens with zero attached hydrogens (tertiary/aromatic N) is 1. The first-order valence-corrected chi connectivity index (χ1v) is 5.18. The van der Waals surface area contributed by atoms with E-state index in [4.69, 9.17) is 0 Å². The molecule has 1 N–H and O–H groups in total. The van der Waals surface area contributed by atoms with Crippen molar-refractivity contribution in [3.8, 4) is 10.6 Å². The fourth-order valence-corrected chi connectivity index (χ4v) is 2.05. The zero-order chi connectivity index (χ0) is 10.1. The van der Waals surface area contributed by atoms with Gasteiger partial charge in [-0.3, -0.25) is 4.79 Å². The Kier molecular flexibility index (Phi) is 2.21. The Morgan fingerprint density at radius 2 is 2.14 bits per heavy atom. The van der Waals surface area contributed by atoms with Crippen LogP contribution in [0.4, 0.5) is 0 Å². The minimum atomic E-state index is -0.109. The molecule has 0 aliphatic rings. The minimum Gasteiger partial charge on any atom is -0.268 e. The van der Waals surface area contributed by atoms with Gasteiger partial charge in [0.25, 0.3) is 5.56 Å². The van der Waals surface area contributed by atoms with Crippen LogP contribution in [0.1, 0.15) is 11.1 Å². The molecule has 0 bridgehead atoms. The van der Waals surface area contributed by atoms with Gasteiger partial charge < -0.3 is 0 Å². The van der Waals surface area contributed by atoms with Gasteiger partial charge in [-0.1, -0.05) is 6.07 Å². The van der Waals surface area contributed by atoms with Gasteiger partial charge in [-0.2, -0.15) is 5.10 Å². The maximum absolute atomic E-state index is 11.2. The molecular formula is C10H10N2OS. The zero-order valence-corrected chi connectivity index (χ0v) is 8.81. The summed E-state index contributed by atoms with van der Waals surface area (Å²) in [7, 11) is 0. The molecule has 0 amide bonds. The molecule has 0 spiro atoms. The molecule has 2 heterocycles. The lowest BCUT2D eigenvalue weighted by Gasteiger charge is -2.03. The van der Waals surface area contributed by atoms with E-state index in [9.17, 15) is 4.79 Å². The van der Waals surface area contributed by atoms with Crippen molar-refractivity contribution in [2.45, 2.75) is 13.8 Å². The van der Waals surface area contributed by atoms with Crippen molar-refractivity contribution in [3.05, 3.63) is 39.0 Å². The molecule has 0 saturated carbocycles. The third kappa shape index (κ3) is 1.37. The molecular weight excluding hydrogens is 196 g/mol. The van der Waals surface area contributed by atoms with E-state index in [1.165, 1.54) is 0 Å². The van der Waals surface area contributed by atoms with Gasteiger partial charge in [-0.05, 0) is 30.9 Å². The summed E-state index contributed by atoms with van der Waals surface area (Å²) in [5.41, 5.74) is 2.46. The van der Waals surface area contributed by atoms with Crippen molar-refractivity contribution in [1.82, 2.24) is 10.2 Å². The lowest BCUT2D eigenvalue weighted by atomic mass is 10.1. The summed E-state index contributed by atoms with van der Waals surface area (Å²) >= 11 is 1.62. The van der Waals surface area contributed by atoms with Gasteiger partial charge in [0.2, 0.25) is 0 Å². The Morgan fingerprint density at radius 3 is 2.79 bits per heavy atom. The predicted molar refractivity (Wildman–Crippen MR) is 57.6 cm³/mol. The number of aromatic amines is 1. The van der Waals surface area contributed by atoms with Crippen molar-refractivity contribution in [2.75, 3.05) is 0 Å². The van der Waals surface area contributed by atoms with Crippen LogP contribution < -0.4 is 5.56 Å². The smallest absolute Gasteiger partial charge is 0.267 e. The normalized spacial score (nSPS) is 10.4. The minimum absolute atomic E-state index is 0.109. The van der Waals surface area contributed by atoms with Gasteiger partial charge in [0.1, 0.15) is 5.69 Å². The summed E-state index contributed by atoms with van der Waals surface area (Å²) in [5, 5.41) is 8.55. The van der Waals surface area contributed by atoms with Crippen LogP contribution in [0.15, 0.2) is 22.3 Å². The van der Waals surface area contributed by atoms with Gasteiger partial charge in [-0.25, -0.2) is 5.10 Å². The van der Waals surface area contributed by atoms with Gasteiger partial charge in [0, 0.05) is 5.56 Å². The Hall–Kier alpha value is -1.42. The fraction of sp³-hybridized carbons (Fsp3) is 0.200. The number of thiophene rings is 1. The molecule has 2 aromatic heterocycles. The molecule has 14 heavy (non-hydrogen) atoms. The molecule has 4 heteroatoms. The molecule has 0 aliphatic heterocycles. The van der Waals surface area contributed by atoms with Gasteiger partial charge in [-0.15, -0.1) is 11.3 Å². The predicted octanol–water partition coefficient (Wildman–Crippen LogP) is 2.12. The summed E-state index contributed by atoms with van der Waals surface area (Å²) in [4.78, 5) is 12.3. The quantitative estimate of drug-likeness (QED) is 0.776. The molecule has 72 valence electrons. The van der Waals surface area contributed by atoms with E-state index in [0.717, 1.165) is 21.7 Å². The molecule has 2 rings (SSSR count). The highest BCUT2D eigenvalue weighted by Gasteiger charge is 2.08. The van der Waals surface area contributed by atoms with Crippen LogP contribution in [0.5, 0.6) is 0 Å². The monoisotopic (exact) mass is 206 g/mol. The Bertz CT molecular complexity index is 499. The molecule has 0 fully saturated rings. The zero-order valence-electron chi connectivity index (χ0n) is 8.00. The van der Waals surface area contributed by atoms with Crippen LogP contribution in [0.3, 0.4) is 0 Å². The molecule has 0 aromatic carbocycles. The first-order chi connectivity index (χ1) is 6.70. The Morgan fingerprint density at radius 1 is 1.36 bits per heavy atom. The van der Waals surface area contributed by atoms with Crippen LogP contribution >= 0.6 is 11.3 Å². The lowest BCUT2D eigenvalue weighted by molar-refractivity contribution is 0.961. The topological polar surface area (TPSA) is 45.8 Å². The van der Waals surface area contributed by atoms with Crippen molar-refractivity contribution in [3.63, 3.8) is 0 Å². The summed E-state index contributed by atoms with van der Waals surface area (Å²) in [6.07, 6.45) is 0. The van der Waals surface area contributed by atoms with E-state index in [0.29, 0.717) is 0 Å². The summed E-state index contributed by atoms with van der Waals surface area (Å²) in [6.45, 7) is 3.74. The van der Waals surface area contributed by atoms with Crippen molar-refractivity contribution >= 4 is 11.3 Å². The average Bonchev–Trinajstić information content (AvgIpc) is 2.67. The standard InChI is InChI=1S/C10H10N2OS/c1-6-7(2)10(13)12-11-9(6)8-4-3-5-14-8/h3-5H,1-2H3,(H,12,13). The first-order valence-electron chi connectivity index (χ1n) is 4.30. The van der Waals surface area contributed by atoms with Crippen LogP contribution in [-0.4, -0.2) is 10.2 Å². The lowest BCUT2D eigenvalue weighted by Crippen LogP contribution is -2.13. The highest BCUT2D eigenvalue weighted by Crippen LogP contribution is 2.25. The van der Waals surface area contributed by atoms with Crippen LogP contribution in [0.2, 0.25) is 0 Å². The SMILES string of the molecule is Cc1c(-c2cccs2)n[nH]c(=O)c1C. The number of nitrogens with one attached hydrogen (secondary N) is 1. The maximum atomic E-state index is 11.2. The number of hydrogen-bond donors (Lipinski definition) is 1. The van der Waals surface area contributed by atoms with Crippen LogP contribution in [0.25, 0.3) is 10.6 Å². The van der Waals surface area contributed by atoms with Crippen LogP contribution in [-0.2, 0) is 0 Å². The molecule has 0 radical (unpaired) electrons. The van der Waals surface area contributed by atoms with E-state index in [1.54, 1.807) is 11.3 Å². The average molecular weight is 206 g/mol. The second-order valence-electron chi connectivity index (χ2n) is 3.13. The van der Waals surface area contributed by atoms with E-state index in [-0.39, 0.29) is 5.56 Å². The van der Waals surface area contributed by atoms with Crippen molar-refractivity contribution < 1.29 is 0 Å². The van der Waals surface area contributed by atoms with Gasteiger partial charge in [0.15, 0.2) is 0 Å². The van der Waals surface area contributed by atoms with Crippen molar-refractivity contribution in [1.29, 1.82) is 0 Å². The third-order valence-corrected chi connectivity index (χ3v) is 3.16. The maximum Gasteiger partial charge on any atom is 0.267 e. The molecule has 0 unspecified atom stereocenters. The number of rotatable bonds is 1. The van der Waals surface area contributed by atoms with E-state index in [2.05, 4.69) is 10.2 Å². The summed E-state index contributed by atoms with van der Waals surface area (Å²) < 4.78 is 0. The largest absolute Gasteiger partial charge is 0.268 e. The summed E-state index contributed by atoms with van der Waals surface area (Å²) in [6, 6.07) is 3.97. The van der Waals surface area contributed by atoms with E-state index >= 15 is 0 Å². The van der Waals surface area contributed by atoms with E-state index in [1.807, 2.05) is 31.4 Å². The highest BCUT2D eigenvalue weighted by molar-refractivity contribution is 7.13. The fourth-order valence-electron chi connectivity index (χ4n) is 1.28. The second kappa shape index (κ2) is 3.38. The number of H-pyrrole nitrogens is 1. The van der Waals surface area contributed by atoms with Gasteiger partial charge >= 0.3 is 0 Å². The molecule has 0 saturated heterocycles. The Balaban J connectivity index is 2.67. The Labute approximate surface area is 85.4 Å². The third-order valence-electron chi connectivity index (χ3n) is 2.28. The van der Waals surface area contributed by atoms with E-state index < -0.39 is 0 Å². The highest BCUT2D eigenvalue weighted by atomic mass is 32.1. The van der Waals surface area contributed by atoms with Gasteiger partial charge in [0.05, 0.1) is 4.88 Å². The van der Waals surface area contributed by atoms with Crippen molar-refractivity contribution in [2.24, 2.45) is 0 Å². The number of hydrogen-bond acceptors (Lipinski definition) is 3. The second-order valence-corrected chi connectivity index (χ2v) is 4.08. The molecule has 0 atom stereocenters. The molecule has 2 aromatic rings. The number of aromatic nitrogens is 2.